The Hall–Kier alpha value is -1.82. The Morgan fingerprint density at radius 1 is 1.25 bits per heavy atom. The molecule has 0 spiro atoms. The molecule has 6 heteroatoms. The zero-order valence-electron chi connectivity index (χ0n) is 17.4. The predicted molar refractivity (Wildman–Crippen MR) is 116 cm³/mol. The van der Waals surface area contributed by atoms with E-state index in [0.29, 0.717) is 5.16 Å². The lowest BCUT2D eigenvalue weighted by Crippen LogP contribution is -2.22. The summed E-state index contributed by atoms with van der Waals surface area (Å²) in [5.74, 6) is 1.74. The number of hydrogen-bond donors (Lipinski definition) is 2. The Morgan fingerprint density at radius 3 is 2.57 bits per heavy atom. The van der Waals surface area contributed by atoms with E-state index in [-0.39, 0.29) is 16.6 Å². The first-order chi connectivity index (χ1) is 13.3. The average Bonchev–Trinajstić information content (AvgIpc) is 3.31. The van der Waals surface area contributed by atoms with Gasteiger partial charge in [0.05, 0.1) is 5.25 Å². The number of nitrogens with zero attached hydrogens (tertiary/aromatic N) is 2. The van der Waals surface area contributed by atoms with Gasteiger partial charge >= 0.3 is 0 Å². The minimum Gasteiger partial charge on any atom is -0.325 e. The van der Waals surface area contributed by atoms with Crippen molar-refractivity contribution in [3.8, 4) is 0 Å². The number of anilines is 1. The fourth-order valence-corrected chi connectivity index (χ4v) is 4.33. The van der Waals surface area contributed by atoms with E-state index in [9.17, 15) is 4.79 Å². The van der Waals surface area contributed by atoms with Gasteiger partial charge < -0.3 is 5.32 Å². The third-order valence-electron chi connectivity index (χ3n) is 5.45. The van der Waals surface area contributed by atoms with Crippen LogP contribution in [0.1, 0.15) is 71.2 Å². The third-order valence-corrected chi connectivity index (χ3v) is 6.41. The summed E-state index contributed by atoms with van der Waals surface area (Å²) in [7, 11) is 0. The van der Waals surface area contributed by atoms with E-state index in [1.807, 2.05) is 19.1 Å². The second kappa shape index (κ2) is 9.12. The van der Waals surface area contributed by atoms with Crippen LogP contribution in [0, 0.1) is 5.92 Å². The van der Waals surface area contributed by atoms with Gasteiger partial charge in [-0.15, -0.1) is 5.10 Å². The van der Waals surface area contributed by atoms with E-state index in [1.54, 1.807) is 0 Å². The van der Waals surface area contributed by atoms with Crippen molar-refractivity contribution in [2.45, 2.75) is 82.0 Å². The number of hydrogen-bond acceptors (Lipinski definition) is 4. The second-order valence-electron chi connectivity index (χ2n) is 8.83. The summed E-state index contributed by atoms with van der Waals surface area (Å²) in [5, 5.41) is 10.7. The molecule has 1 atom stereocenters. The zero-order chi connectivity index (χ0) is 20.1. The summed E-state index contributed by atoms with van der Waals surface area (Å²) in [6.07, 6.45) is 7.56. The number of thioether (sulfide) groups is 1. The molecule has 1 aromatic carbocycles. The van der Waals surface area contributed by atoms with E-state index >= 15 is 0 Å². The molecule has 5 nitrogen and oxygen atoms in total. The fraction of sp³-hybridized carbons (Fsp3) is 0.591. The van der Waals surface area contributed by atoms with Gasteiger partial charge in [0.2, 0.25) is 11.1 Å². The fourth-order valence-electron chi connectivity index (χ4n) is 3.59. The van der Waals surface area contributed by atoms with Crippen LogP contribution in [0.4, 0.5) is 5.69 Å². The highest BCUT2D eigenvalue weighted by atomic mass is 32.2. The highest BCUT2D eigenvalue weighted by Crippen LogP contribution is 2.29. The number of amides is 1. The molecule has 28 heavy (non-hydrogen) atoms. The summed E-state index contributed by atoms with van der Waals surface area (Å²) in [6.45, 7) is 8.42. The van der Waals surface area contributed by atoms with E-state index in [1.165, 1.54) is 49.4 Å². The van der Waals surface area contributed by atoms with Gasteiger partial charge in [-0.3, -0.25) is 9.89 Å². The lowest BCUT2D eigenvalue weighted by Gasteiger charge is -2.19. The van der Waals surface area contributed by atoms with Crippen LogP contribution in [-0.2, 0) is 16.6 Å². The molecule has 3 rings (SSSR count). The number of benzene rings is 1. The Morgan fingerprint density at radius 2 is 1.93 bits per heavy atom. The van der Waals surface area contributed by atoms with Crippen LogP contribution in [0.25, 0.3) is 0 Å². The number of aryl methyl sites for hydroxylation is 1. The van der Waals surface area contributed by atoms with E-state index in [4.69, 9.17) is 0 Å². The second-order valence-corrected chi connectivity index (χ2v) is 10.1. The topological polar surface area (TPSA) is 70.7 Å². The Kier molecular flexibility index (Phi) is 6.81. The molecule has 1 unspecified atom stereocenters. The molecule has 1 fully saturated rings. The number of aromatic amines is 1. The van der Waals surface area contributed by atoms with Crippen molar-refractivity contribution in [2.75, 3.05) is 5.32 Å². The largest absolute Gasteiger partial charge is 0.325 e. The normalized spacial score (nSPS) is 16.3. The third kappa shape index (κ3) is 5.84. The summed E-state index contributed by atoms with van der Waals surface area (Å²) in [5.41, 5.74) is 2.17. The Labute approximate surface area is 172 Å². The van der Waals surface area contributed by atoms with Crippen molar-refractivity contribution < 1.29 is 4.79 Å². The van der Waals surface area contributed by atoms with E-state index < -0.39 is 0 Å². The van der Waals surface area contributed by atoms with Gasteiger partial charge in [0.1, 0.15) is 5.82 Å². The van der Waals surface area contributed by atoms with E-state index in [2.05, 4.69) is 53.4 Å². The van der Waals surface area contributed by atoms with Gasteiger partial charge in [-0.2, -0.15) is 0 Å². The summed E-state index contributed by atoms with van der Waals surface area (Å²) in [4.78, 5) is 17.1. The first-order valence-electron chi connectivity index (χ1n) is 10.3. The first-order valence-corrected chi connectivity index (χ1v) is 11.2. The molecule has 152 valence electrons. The maximum absolute atomic E-state index is 12.5. The molecule has 1 aliphatic rings. The molecule has 1 aromatic heterocycles. The molecule has 0 radical (unpaired) electrons. The van der Waals surface area contributed by atoms with Gasteiger partial charge in [-0.05, 0) is 42.4 Å². The van der Waals surface area contributed by atoms with Gasteiger partial charge in [0, 0.05) is 12.1 Å². The van der Waals surface area contributed by atoms with Crippen LogP contribution in [0.3, 0.4) is 0 Å². The molecular formula is C22H32N4OS. The minimum atomic E-state index is -0.263. The molecule has 0 bridgehead atoms. The number of rotatable bonds is 7. The summed E-state index contributed by atoms with van der Waals surface area (Å²) in [6, 6.07) is 8.06. The van der Waals surface area contributed by atoms with Crippen LogP contribution < -0.4 is 5.32 Å². The zero-order valence-corrected chi connectivity index (χ0v) is 18.2. The van der Waals surface area contributed by atoms with Crippen LogP contribution in [0.15, 0.2) is 29.4 Å². The molecule has 1 amide bonds. The maximum Gasteiger partial charge on any atom is 0.237 e. The molecule has 2 aromatic rings. The van der Waals surface area contributed by atoms with Crippen molar-refractivity contribution in [1.82, 2.24) is 15.2 Å². The van der Waals surface area contributed by atoms with Crippen LogP contribution in [0.5, 0.6) is 0 Å². The van der Waals surface area contributed by atoms with Gasteiger partial charge in [-0.25, -0.2) is 4.98 Å². The maximum atomic E-state index is 12.5. The van der Waals surface area contributed by atoms with Crippen molar-refractivity contribution >= 4 is 23.4 Å². The van der Waals surface area contributed by atoms with E-state index in [0.717, 1.165) is 23.9 Å². The SMILES string of the molecule is CC(Sc1n[nH]c(CCC2CCCC2)n1)C(=O)Nc1ccc(C(C)(C)C)cc1. The van der Waals surface area contributed by atoms with Crippen molar-refractivity contribution in [3.63, 3.8) is 0 Å². The lowest BCUT2D eigenvalue weighted by atomic mass is 9.87. The van der Waals surface area contributed by atoms with Gasteiger partial charge in [0.15, 0.2) is 0 Å². The van der Waals surface area contributed by atoms with Crippen LogP contribution in [-0.4, -0.2) is 26.3 Å². The number of carbonyl (C=O) groups is 1. The molecule has 1 heterocycles. The van der Waals surface area contributed by atoms with Crippen molar-refractivity contribution in [3.05, 3.63) is 35.7 Å². The standard InChI is InChI=1S/C22H32N4OS/c1-15(20(27)23-18-12-10-17(11-13-18)22(2,3)4)28-21-24-19(25-26-21)14-9-16-7-5-6-8-16/h10-13,15-16H,5-9,14H2,1-4H3,(H,23,27)(H,24,25,26). The van der Waals surface area contributed by atoms with Gasteiger partial charge in [-0.1, -0.05) is 70.3 Å². The minimum absolute atomic E-state index is 0.0363. The highest BCUT2D eigenvalue weighted by molar-refractivity contribution is 8.00. The first kappa shape index (κ1) is 20.9. The summed E-state index contributed by atoms with van der Waals surface area (Å²) >= 11 is 1.39. The predicted octanol–water partition coefficient (Wildman–Crippen LogP) is 5.34. The highest BCUT2D eigenvalue weighted by Gasteiger charge is 2.19. The Bertz CT molecular complexity index is 773. The van der Waals surface area contributed by atoms with Crippen molar-refractivity contribution in [2.24, 2.45) is 5.92 Å². The summed E-state index contributed by atoms with van der Waals surface area (Å²) < 4.78 is 0. The number of carbonyl (C=O) groups excluding carboxylic acids is 1. The van der Waals surface area contributed by atoms with Crippen LogP contribution in [0.2, 0.25) is 0 Å². The molecule has 0 aliphatic heterocycles. The molecule has 1 saturated carbocycles. The number of aromatic nitrogens is 3. The molecular weight excluding hydrogens is 368 g/mol. The molecule has 0 saturated heterocycles. The number of nitrogens with one attached hydrogen (secondary N) is 2. The van der Waals surface area contributed by atoms with Gasteiger partial charge in [0.25, 0.3) is 0 Å². The smallest absolute Gasteiger partial charge is 0.237 e. The quantitative estimate of drug-likeness (QED) is 0.615. The molecule has 1 aliphatic carbocycles. The Balaban J connectivity index is 1.48. The lowest BCUT2D eigenvalue weighted by molar-refractivity contribution is -0.115. The monoisotopic (exact) mass is 400 g/mol. The average molecular weight is 401 g/mol. The molecule has 2 N–H and O–H groups in total. The van der Waals surface area contributed by atoms with Crippen LogP contribution >= 0.6 is 11.8 Å². The number of H-pyrrole nitrogens is 1. The van der Waals surface area contributed by atoms with Crippen molar-refractivity contribution in [1.29, 1.82) is 0 Å².